The average molecular weight is 506 g/mol. The van der Waals surface area contributed by atoms with E-state index in [-0.39, 0.29) is 34.7 Å². The first-order valence-corrected chi connectivity index (χ1v) is 14.6. The van der Waals surface area contributed by atoms with E-state index in [0.717, 1.165) is 51.4 Å². The van der Waals surface area contributed by atoms with Crippen LogP contribution in [-0.4, -0.2) is 68.1 Å². The third-order valence-corrected chi connectivity index (χ3v) is 12.2. The van der Waals surface area contributed by atoms with Gasteiger partial charge in [0.25, 0.3) is 0 Å². The van der Waals surface area contributed by atoms with Crippen molar-refractivity contribution in [3.63, 3.8) is 0 Å². The highest BCUT2D eigenvalue weighted by atomic mass is 16.4. The largest absolute Gasteiger partial charge is 0.480 e. The van der Waals surface area contributed by atoms with Crippen molar-refractivity contribution in [2.75, 3.05) is 6.54 Å². The van der Waals surface area contributed by atoms with Crippen LogP contribution in [-0.2, 0) is 9.59 Å². The standard InChI is InChI=1S/C29H47NO6/c1-16(6-9-23(32)30-14-4-5-22(30)27(35)36)18-7-8-19-24-20(11-13-28(18,19)2)29(3)12-10-17(31)15-21(29)25(33)26(24)34/h16-22,24-26,31,33-34H,4-15H2,1-3H3,(H,35,36)/t16?,17-,18?,19+,20+,21?,22-,24+,25-,26+,28-,29-/m1/s1. The molecule has 0 bridgehead atoms. The van der Waals surface area contributed by atoms with Crippen LogP contribution < -0.4 is 0 Å². The van der Waals surface area contributed by atoms with E-state index >= 15 is 0 Å². The maximum atomic E-state index is 12.9. The molecule has 0 radical (unpaired) electrons. The molecule has 0 aromatic rings. The van der Waals surface area contributed by atoms with Gasteiger partial charge in [0, 0.05) is 13.0 Å². The van der Waals surface area contributed by atoms with Crippen molar-refractivity contribution >= 4 is 11.9 Å². The van der Waals surface area contributed by atoms with Crippen molar-refractivity contribution in [1.29, 1.82) is 0 Å². The average Bonchev–Trinajstić information content (AvgIpc) is 3.46. The van der Waals surface area contributed by atoms with Gasteiger partial charge in [0.05, 0.1) is 18.3 Å². The summed E-state index contributed by atoms with van der Waals surface area (Å²) in [6, 6.07) is -0.665. The topological polar surface area (TPSA) is 118 Å². The maximum Gasteiger partial charge on any atom is 0.326 e. The summed E-state index contributed by atoms with van der Waals surface area (Å²) >= 11 is 0. The molecule has 4 N–H and O–H groups in total. The molecule has 3 unspecified atom stereocenters. The van der Waals surface area contributed by atoms with Crippen LogP contribution in [0.5, 0.6) is 0 Å². The van der Waals surface area contributed by atoms with Crippen molar-refractivity contribution in [3.8, 4) is 0 Å². The third kappa shape index (κ3) is 4.03. The lowest BCUT2D eigenvalue weighted by molar-refractivity contribution is -0.223. The van der Waals surface area contributed by atoms with Crippen molar-refractivity contribution < 1.29 is 30.0 Å². The number of carboxylic acid groups (broad SMARTS) is 1. The monoisotopic (exact) mass is 505 g/mol. The molecular formula is C29H47NO6. The minimum Gasteiger partial charge on any atom is -0.480 e. The van der Waals surface area contributed by atoms with Gasteiger partial charge in [-0.3, -0.25) is 4.79 Å². The van der Waals surface area contributed by atoms with Gasteiger partial charge in [-0.15, -0.1) is 0 Å². The number of carbonyl (C=O) groups is 2. The van der Waals surface area contributed by atoms with Crippen LogP contribution in [0.2, 0.25) is 0 Å². The molecule has 12 atom stereocenters. The van der Waals surface area contributed by atoms with E-state index < -0.39 is 24.2 Å². The molecule has 4 aliphatic carbocycles. The highest BCUT2D eigenvalue weighted by Gasteiger charge is 2.65. The van der Waals surface area contributed by atoms with Crippen molar-refractivity contribution in [2.45, 2.75) is 116 Å². The molecule has 0 aromatic carbocycles. The SMILES string of the molecule is CC(CCC(=O)N1CCC[C@@H]1C(=O)O)C1CC[C@H]2[C@@H]3[C@H](O)[C@H](O)C4C[C@H](O)CC[C@]4(C)[C@H]3CC[C@]12C. The van der Waals surface area contributed by atoms with Gasteiger partial charge in [-0.2, -0.15) is 0 Å². The van der Waals surface area contributed by atoms with Gasteiger partial charge in [0.1, 0.15) is 6.04 Å². The van der Waals surface area contributed by atoms with E-state index in [2.05, 4.69) is 20.8 Å². The predicted molar refractivity (Wildman–Crippen MR) is 135 cm³/mol. The van der Waals surface area contributed by atoms with Crippen molar-refractivity contribution in [3.05, 3.63) is 0 Å². The van der Waals surface area contributed by atoms with Gasteiger partial charge >= 0.3 is 5.97 Å². The van der Waals surface area contributed by atoms with Crippen LogP contribution >= 0.6 is 0 Å². The Labute approximate surface area is 215 Å². The molecule has 204 valence electrons. The molecule has 7 heteroatoms. The van der Waals surface area contributed by atoms with Crippen LogP contribution in [0.4, 0.5) is 0 Å². The molecule has 1 amide bonds. The summed E-state index contributed by atoms with van der Waals surface area (Å²) in [5, 5.41) is 42.4. The Morgan fingerprint density at radius 3 is 2.33 bits per heavy atom. The molecular weight excluding hydrogens is 458 g/mol. The zero-order chi connectivity index (χ0) is 26.0. The Kier molecular flexibility index (Phi) is 7.00. The smallest absolute Gasteiger partial charge is 0.326 e. The molecule has 0 spiro atoms. The summed E-state index contributed by atoms with van der Waals surface area (Å²) in [5.74, 6) is 0.694. The minimum atomic E-state index is -0.895. The van der Waals surface area contributed by atoms with E-state index in [9.17, 15) is 30.0 Å². The zero-order valence-electron chi connectivity index (χ0n) is 22.3. The number of aliphatic hydroxyl groups excluding tert-OH is 3. The number of carboxylic acids is 1. The van der Waals surface area contributed by atoms with Crippen molar-refractivity contribution in [1.82, 2.24) is 4.90 Å². The second-order valence-corrected chi connectivity index (χ2v) is 13.6. The second-order valence-electron chi connectivity index (χ2n) is 13.6. The number of hydrogen-bond donors (Lipinski definition) is 4. The molecule has 5 rings (SSSR count). The van der Waals surface area contributed by atoms with Gasteiger partial charge in [-0.1, -0.05) is 20.8 Å². The molecule has 0 aromatic heterocycles. The van der Waals surface area contributed by atoms with Gasteiger partial charge in [0.2, 0.25) is 5.91 Å². The first kappa shape index (κ1) is 26.4. The van der Waals surface area contributed by atoms with Gasteiger partial charge in [-0.25, -0.2) is 4.79 Å². The molecule has 36 heavy (non-hydrogen) atoms. The summed E-state index contributed by atoms with van der Waals surface area (Å²) in [4.78, 5) is 26.0. The predicted octanol–water partition coefficient (Wildman–Crippen LogP) is 3.44. The number of rotatable bonds is 5. The maximum absolute atomic E-state index is 12.9. The summed E-state index contributed by atoms with van der Waals surface area (Å²) in [6.07, 6.45) is 7.21. The Bertz CT molecular complexity index is 865. The molecule has 1 aliphatic heterocycles. The Morgan fingerprint density at radius 1 is 0.917 bits per heavy atom. The van der Waals surface area contributed by atoms with E-state index in [1.54, 1.807) is 4.90 Å². The van der Waals surface area contributed by atoms with Crippen LogP contribution in [0, 0.1) is 46.3 Å². The summed E-state index contributed by atoms with van der Waals surface area (Å²) in [7, 11) is 0. The van der Waals surface area contributed by atoms with Gasteiger partial charge in [-0.05, 0) is 111 Å². The van der Waals surface area contributed by atoms with Crippen LogP contribution in [0.25, 0.3) is 0 Å². The zero-order valence-corrected chi connectivity index (χ0v) is 22.3. The third-order valence-electron chi connectivity index (χ3n) is 12.2. The lowest BCUT2D eigenvalue weighted by Crippen LogP contribution is -2.64. The lowest BCUT2D eigenvalue weighted by Gasteiger charge is -2.63. The number of aliphatic carboxylic acids is 1. The molecule has 1 heterocycles. The van der Waals surface area contributed by atoms with Gasteiger partial charge in [0.15, 0.2) is 0 Å². The number of nitrogens with zero attached hydrogens (tertiary/aromatic N) is 1. The Balaban J connectivity index is 1.28. The fourth-order valence-corrected chi connectivity index (χ4v) is 10.2. The number of amides is 1. The van der Waals surface area contributed by atoms with Gasteiger partial charge < -0.3 is 25.3 Å². The number of carbonyl (C=O) groups excluding carboxylic acids is 1. The Morgan fingerprint density at radius 2 is 1.61 bits per heavy atom. The summed E-state index contributed by atoms with van der Waals surface area (Å²) < 4.78 is 0. The van der Waals surface area contributed by atoms with Crippen LogP contribution in [0.15, 0.2) is 0 Å². The summed E-state index contributed by atoms with van der Waals surface area (Å²) in [6.45, 7) is 7.50. The Hall–Kier alpha value is -1.18. The fourth-order valence-electron chi connectivity index (χ4n) is 10.2. The van der Waals surface area contributed by atoms with E-state index in [1.165, 1.54) is 0 Å². The molecule has 1 saturated heterocycles. The second kappa shape index (κ2) is 9.53. The highest BCUT2D eigenvalue weighted by molar-refractivity contribution is 5.84. The van der Waals surface area contributed by atoms with E-state index in [1.807, 2.05) is 0 Å². The first-order valence-electron chi connectivity index (χ1n) is 14.6. The number of likely N-dealkylation sites (tertiary alicyclic amines) is 1. The van der Waals surface area contributed by atoms with Crippen molar-refractivity contribution in [2.24, 2.45) is 46.3 Å². The van der Waals surface area contributed by atoms with Crippen LogP contribution in [0.3, 0.4) is 0 Å². The minimum absolute atomic E-state index is 0.0283. The normalized spacial score (nSPS) is 49.2. The van der Waals surface area contributed by atoms with E-state index in [4.69, 9.17) is 0 Å². The lowest BCUT2D eigenvalue weighted by atomic mass is 9.43. The quantitative estimate of drug-likeness (QED) is 0.455. The first-order chi connectivity index (χ1) is 17.0. The molecule has 4 saturated carbocycles. The number of aliphatic hydroxyl groups is 3. The van der Waals surface area contributed by atoms with E-state index in [0.29, 0.717) is 49.5 Å². The number of fused-ring (bicyclic) bond motifs is 5. The highest BCUT2D eigenvalue weighted by Crippen LogP contribution is 2.68. The fraction of sp³-hybridized carbons (Fsp3) is 0.931. The molecule has 5 fully saturated rings. The molecule has 5 aliphatic rings. The molecule has 7 nitrogen and oxygen atoms in total. The summed E-state index contributed by atoms with van der Waals surface area (Å²) in [5.41, 5.74) is 0.0509. The van der Waals surface area contributed by atoms with Crippen LogP contribution in [0.1, 0.15) is 91.4 Å². The number of hydrogen-bond acceptors (Lipinski definition) is 5.